The Balaban J connectivity index is 0.000000170. The third-order valence-electron chi connectivity index (χ3n) is 14.6. The molecular weight excluding hydrogens is 1120 g/mol. The molecule has 11 nitrogen and oxygen atoms in total. The summed E-state index contributed by atoms with van der Waals surface area (Å²) in [5.74, 6) is 2.15. The number of nitrogens with one attached hydrogen (secondary N) is 2. The second-order valence-corrected chi connectivity index (χ2v) is 22.9. The van der Waals surface area contributed by atoms with Crippen LogP contribution in [0.2, 0.25) is 15.1 Å². The molecular formula is C51H54Br3Cl3N6O5. The molecule has 10 rings (SSSR count). The zero-order chi connectivity index (χ0) is 47.6. The van der Waals surface area contributed by atoms with E-state index in [1.807, 2.05) is 40.4 Å². The number of pyridine rings is 2. The van der Waals surface area contributed by atoms with Gasteiger partial charge in [0.05, 0.1) is 24.6 Å². The van der Waals surface area contributed by atoms with Gasteiger partial charge in [0, 0.05) is 117 Å². The highest BCUT2D eigenvalue weighted by molar-refractivity contribution is 9.11. The minimum Gasteiger partial charge on any atom is -0.479 e. The molecule has 0 radical (unpaired) electrons. The Bertz CT molecular complexity index is 2390. The lowest BCUT2D eigenvalue weighted by atomic mass is 9.76. The molecule has 68 heavy (non-hydrogen) atoms. The fourth-order valence-corrected chi connectivity index (χ4v) is 13.7. The summed E-state index contributed by atoms with van der Waals surface area (Å²) in [5, 5.41) is 7.90. The van der Waals surface area contributed by atoms with Gasteiger partial charge in [0.2, 0.25) is 11.8 Å². The summed E-state index contributed by atoms with van der Waals surface area (Å²) < 4.78 is 13.6. The molecule has 0 spiro atoms. The van der Waals surface area contributed by atoms with Crippen LogP contribution in [0.25, 0.3) is 0 Å². The highest BCUT2D eigenvalue weighted by Gasteiger charge is 2.39. The van der Waals surface area contributed by atoms with Crippen LogP contribution >= 0.6 is 82.6 Å². The second kappa shape index (κ2) is 21.9. The van der Waals surface area contributed by atoms with Gasteiger partial charge in [0.25, 0.3) is 0 Å². The maximum atomic E-state index is 13.0. The van der Waals surface area contributed by atoms with Crippen molar-refractivity contribution in [2.24, 2.45) is 23.7 Å². The number of piperidine rings is 2. The molecule has 4 saturated heterocycles. The summed E-state index contributed by atoms with van der Waals surface area (Å²) in [6.07, 6.45) is 11.6. The third-order valence-corrected chi connectivity index (χ3v) is 16.8. The van der Waals surface area contributed by atoms with Crippen LogP contribution in [0.1, 0.15) is 95.1 Å². The molecule has 2 aliphatic carbocycles. The summed E-state index contributed by atoms with van der Waals surface area (Å²) in [7, 11) is 0. The zero-order valence-corrected chi connectivity index (χ0v) is 44.6. The molecule has 17 heteroatoms. The number of cyclic esters (lactones) is 1. The number of aryl methyl sites for hydroxylation is 4. The number of amides is 3. The monoisotopic (exact) mass is 1170 g/mol. The van der Waals surface area contributed by atoms with Gasteiger partial charge in [-0.15, -0.1) is 0 Å². The number of carbonyl (C=O) groups excluding carboxylic acids is 3. The number of likely N-dealkylation sites (tertiary alicyclic amines) is 2. The first-order valence-corrected chi connectivity index (χ1v) is 27.0. The summed E-state index contributed by atoms with van der Waals surface area (Å²) in [5.41, 5.74) is 9.72. The van der Waals surface area contributed by atoms with Crippen molar-refractivity contribution in [1.82, 2.24) is 30.4 Å². The van der Waals surface area contributed by atoms with Crippen molar-refractivity contribution in [3.63, 3.8) is 0 Å². The standard InChI is InChI=1S/C26H28Br2ClN3O2.C25H26BrCl2N3O3/c1-15-30-12-16(14-34-15)8-23(33)32-6-4-17(5-7-32)25-24-18(10-21(29)11-22(24)28)2-3-19-9-20(27)13-31-26(19)25;26-18-8-17-2-1-16-9-19(27)10-20(28)22(16)23(24(17)29-12-18)15-3-5-31(6-4-15)21(32)7-14-11-30-25(33)34-13-14/h9-11,13,16-17,25,30H,1-8,12,14H2;8-10,12,14-15,23H,1-7,11,13H2,(H,30,33). The number of hydrogen-bond acceptors (Lipinski definition) is 8. The van der Waals surface area contributed by atoms with Crippen molar-refractivity contribution in [1.29, 1.82) is 0 Å². The lowest BCUT2D eigenvalue weighted by Gasteiger charge is -2.38. The molecule has 4 aromatic rings. The number of fused-ring (bicyclic) bond motifs is 4. The van der Waals surface area contributed by atoms with E-state index in [0.717, 1.165) is 101 Å². The van der Waals surface area contributed by atoms with Gasteiger partial charge in [-0.25, -0.2) is 4.79 Å². The smallest absolute Gasteiger partial charge is 0.407 e. The van der Waals surface area contributed by atoms with Gasteiger partial charge in [-0.05, 0) is 171 Å². The molecule has 4 unspecified atom stereocenters. The molecule has 2 aromatic heterocycles. The number of aromatic nitrogens is 2. The number of benzene rings is 2. The first kappa shape index (κ1) is 49.6. The molecule has 4 atom stereocenters. The van der Waals surface area contributed by atoms with Crippen LogP contribution in [0.4, 0.5) is 4.79 Å². The Hall–Kier alpha value is -3.40. The predicted molar refractivity (Wildman–Crippen MR) is 275 cm³/mol. The van der Waals surface area contributed by atoms with E-state index in [4.69, 9.17) is 54.2 Å². The maximum Gasteiger partial charge on any atom is 0.407 e. The van der Waals surface area contributed by atoms with Crippen molar-refractivity contribution in [2.75, 3.05) is 52.5 Å². The fraction of sp³-hybridized carbons (Fsp3) is 0.471. The largest absolute Gasteiger partial charge is 0.479 e. The molecule has 2 aromatic carbocycles. The highest BCUT2D eigenvalue weighted by atomic mass is 79.9. The first-order valence-electron chi connectivity index (χ1n) is 23.5. The zero-order valence-electron chi connectivity index (χ0n) is 37.6. The number of carbonyl (C=O) groups is 3. The van der Waals surface area contributed by atoms with E-state index in [-0.39, 0.29) is 35.5 Å². The second-order valence-electron chi connectivity index (χ2n) is 18.9. The number of hydrogen-bond donors (Lipinski definition) is 2. The fourth-order valence-electron chi connectivity index (χ4n) is 11.2. The van der Waals surface area contributed by atoms with E-state index in [1.165, 1.54) is 33.5 Å². The van der Waals surface area contributed by atoms with Gasteiger partial charge in [0.1, 0.15) is 0 Å². The normalized spacial score (nSPS) is 22.8. The van der Waals surface area contributed by atoms with Gasteiger partial charge < -0.3 is 29.9 Å². The van der Waals surface area contributed by atoms with Crippen molar-refractivity contribution in [2.45, 2.75) is 76.0 Å². The first-order chi connectivity index (χ1) is 32.8. The van der Waals surface area contributed by atoms with E-state index < -0.39 is 6.09 Å². The Labute approximate surface area is 438 Å². The molecule has 3 amide bonds. The average Bonchev–Trinajstić information content (AvgIpc) is 3.58. The Morgan fingerprint density at radius 3 is 1.62 bits per heavy atom. The average molecular weight is 1180 g/mol. The van der Waals surface area contributed by atoms with Crippen LogP contribution in [0.15, 0.2) is 74.7 Å². The van der Waals surface area contributed by atoms with Crippen molar-refractivity contribution in [3.8, 4) is 0 Å². The molecule has 0 saturated carbocycles. The van der Waals surface area contributed by atoms with Crippen molar-refractivity contribution < 1.29 is 23.9 Å². The van der Waals surface area contributed by atoms with Gasteiger partial charge in [-0.1, -0.05) is 50.7 Å². The van der Waals surface area contributed by atoms with Crippen LogP contribution < -0.4 is 10.6 Å². The molecule has 4 fully saturated rings. The van der Waals surface area contributed by atoms with Crippen LogP contribution in [-0.2, 0) is 44.7 Å². The number of alkyl carbamates (subject to hydrolysis) is 1. The predicted octanol–water partition coefficient (Wildman–Crippen LogP) is 11.2. The van der Waals surface area contributed by atoms with Crippen LogP contribution in [-0.4, -0.2) is 90.2 Å². The molecule has 4 aliphatic heterocycles. The van der Waals surface area contributed by atoms with Crippen LogP contribution in [0, 0.1) is 23.7 Å². The number of nitrogens with zero attached hydrogens (tertiary/aromatic N) is 4. The molecule has 2 N–H and O–H groups in total. The van der Waals surface area contributed by atoms with Crippen LogP contribution in [0.5, 0.6) is 0 Å². The van der Waals surface area contributed by atoms with E-state index in [1.54, 1.807) is 0 Å². The Kier molecular flexibility index (Phi) is 16.0. The third kappa shape index (κ3) is 11.4. The van der Waals surface area contributed by atoms with E-state index >= 15 is 0 Å². The van der Waals surface area contributed by atoms with E-state index in [9.17, 15) is 14.4 Å². The van der Waals surface area contributed by atoms with E-state index in [0.29, 0.717) is 73.5 Å². The minimum absolute atomic E-state index is 0.0229. The van der Waals surface area contributed by atoms with Gasteiger partial charge in [-0.3, -0.25) is 19.6 Å². The van der Waals surface area contributed by atoms with E-state index in [2.05, 4.69) is 83.2 Å². The number of ether oxygens (including phenoxy) is 2. The quantitative estimate of drug-likeness (QED) is 0.196. The molecule has 0 bridgehead atoms. The molecule has 360 valence electrons. The summed E-state index contributed by atoms with van der Waals surface area (Å²) in [6.45, 7) is 8.82. The number of halogens is 6. The summed E-state index contributed by atoms with van der Waals surface area (Å²) >= 11 is 30.6. The maximum absolute atomic E-state index is 13.0. The van der Waals surface area contributed by atoms with Gasteiger partial charge in [-0.2, -0.15) is 0 Å². The lowest BCUT2D eigenvalue weighted by molar-refractivity contribution is -0.135. The lowest BCUT2D eigenvalue weighted by Crippen LogP contribution is -2.44. The van der Waals surface area contributed by atoms with Crippen molar-refractivity contribution >= 4 is 101 Å². The summed E-state index contributed by atoms with van der Waals surface area (Å²) in [6, 6.07) is 12.4. The number of rotatable bonds is 6. The minimum atomic E-state index is -0.408. The van der Waals surface area contributed by atoms with Gasteiger partial charge in [0.15, 0.2) is 5.88 Å². The molecule has 6 heterocycles. The highest BCUT2D eigenvalue weighted by Crippen LogP contribution is 2.48. The Morgan fingerprint density at radius 2 is 1.12 bits per heavy atom. The van der Waals surface area contributed by atoms with Gasteiger partial charge >= 0.3 is 6.09 Å². The van der Waals surface area contributed by atoms with Crippen LogP contribution in [0.3, 0.4) is 0 Å². The summed E-state index contributed by atoms with van der Waals surface area (Å²) in [4.78, 5) is 50.9. The molecule has 6 aliphatic rings. The van der Waals surface area contributed by atoms with Crippen molar-refractivity contribution in [3.05, 3.63) is 135 Å². The Morgan fingerprint density at radius 1 is 0.647 bits per heavy atom. The SMILES string of the molecule is C=C1NCC(CC(=O)N2CCC(C3c4ncc(Br)cc4CCc4cc(Cl)cc(Br)c43)CC2)CO1.O=C1NCC(CC(=O)N2CCC(C3c4ncc(Br)cc4CCc4cc(Cl)cc(Cl)c43)CC2)CO1. The topological polar surface area (TPSA) is 126 Å².